The number of hydrogen-bond donors (Lipinski definition) is 3. The number of nitrogens with zero attached hydrogens (tertiary/aromatic N) is 1. The largest absolute Gasteiger partial charge is 0.404 e. The maximum Gasteiger partial charge on any atom is 0.262 e. The lowest BCUT2D eigenvalue weighted by Crippen LogP contribution is -2.54. The zero-order chi connectivity index (χ0) is 17.4. The van der Waals surface area contributed by atoms with Crippen LogP contribution in [0.4, 0.5) is 0 Å². The number of nitrogens with two attached hydrogens (primary N) is 1. The summed E-state index contributed by atoms with van der Waals surface area (Å²) in [5.74, 6) is -2.22. The molecular weight excluding hydrogens is 312 g/mol. The minimum absolute atomic E-state index is 0.0723. The molecule has 8 nitrogen and oxygen atoms in total. The third kappa shape index (κ3) is 2.28. The van der Waals surface area contributed by atoms with Crippen LogP contribution in [-0.4, -0.2) is 40.8 Å². The van der Waals surface area contributed by atoms with Crippen LogP contribution in [0.1, 0.15) is 39.1 Å². The quantitative estimate of drug-likeness (QED) is 0.532. The molecule has 2 aliphatic rings. The van der Waals surface area contributed by atoms with E-state index in [1.165, 1.54) is 18.3 Å². The van der Waals surface area contributed by atoms with Gasteiger partial charge >= 0.3 is 0 Å². The van der Waals surface area contributed by atoms with E-state index in [4.69, 9.17) is 11.1 Å². The fourth-order valence-corrected chi connectivity index (χ4v) is 2.88. The van der Waals surface area contributed by atoms with Crippen LogP contribution in [0.3, 0.4) is 0 Å². The summed E-state index contributed by atoms with van der Waals surface area (Å²) < 4.78 is 0. The van der Waals surface area contributed by atoms with Crippen molar-refractivity contribution in [2.75, 3.05) is 0 Å². The van der Waals surface area contributed by atoms with Gasteiger partial charge in [0.25, 0.3) is 11.8 Å². The van der Waals surface area contributed by atoms with E-state index in [2.05, 4.69) is 5.32 Å². The van der Waals surface area contributed by atoms with Crippen LogP contribution in [0.5, 0.6) is 0 Å². The maximum absolute atomic E-state index is 12.6. The Bertz CT molecular complexity index is 827. The molecule has 1 atom stereocenters. The maximum atomic E-state index is 12.6. The lowest BCUT2D eigenvalue weighted by molar-refractivity contribution is -0.136. The Morgan fingerprint density at radius 1 is 1.21 bits per heavy atom. The average Bonchev–Trinajstić information content (AvgIpc) is 2.80. The molecule has 4 amide bonds. The summed E-state index contributed by atoms with van der Waals surface area (Å²) in [5.41, 5.74) is 6.71. The van der Waals surface area contributed by atoms with Crippen molar-refractivity contribution in [3.05, 3.63) is 41.1 Å². The Labute approximate surface area is 136 Å². The molecule has 1 saturated heterocycles. The van der Waals surface area contributed by atoms with Crippen molar-refractivity contribution < 1.29 is 19.2 Å². The molecule has 8 heteroatoms. The van der Waals surface area contributed by atoms with Gasteiger partial charge in [0.15, 0.2) is 0 Å². The molecule has 0 spiro atoms. The van der Waals surface area contributed by atoms with Crippen LogP contribution in [0.2, 0.25) is 0 Å². The van der Waals surface area contributed by atoms with E-state index in [0.717, 1.165) is 11.1 Å². The van der Waals surface area contributed by atoms with Crippen molar-refractivity contribution in [2.24, 2.45) is 5.73 Å². The van der Waals surface area contributed by atoms with Gasteiger partial charge in [-0.15, -0.1) is 0 Å². The number of allylic oxidation sites excluding steroid dienone is 1. The topological polar surface area (TPSA) is 133 Å². The Morgan fingerprint density at radius 3 is 2.54 bits per heavy atom. The number of rotatable bonds is 3. The van der Waals surface area contributed by atoms with Crippen LogP contribution in [-0.2, 0) is 9.59 Å². The van der Waals surface area contributed by atoms with Gasteiger partial charge in [-0.1, -0.05) is 6.07 Å². The molecule has 3 rings (SSSR count). The highest BCUT2D eigenvalue weighted by Gasteiger charge is 2.44. The molecule has 2 heterocycles. The summed E-state index contributed by atoms with van der Waals surface area (Å²) >= 11 is 0. The first kappa shape index (κ1) is 15.6. The lowest BCUT2D eigenvalue weighted by atomic mass is 10.0. The van der Waals surface area contributed by atoms with E-state index in [-0.39, 0.29) is 24.0 Å². The minimum Gasteiger partial charge on any atom is -0.404 e. The number of benzene rings is 1. The number of piperidine rings is 1. The zero-order valence-corrected chi connectivity index (χ0v) is 12.5. The number of carbonyl (C=O) groups excluding carboxylic acids is 4. The number of imide groups is 2. The monoisotopic (exact) mass is 326 g/mol. The van der Waals surface area contributed by atoms with Crippen molar-refractivity contribution >= 4 is 35.4 Å². The van der Waals surface area contributed by atoms with Gasteiger partial charge < -0.3 is 11.1 Å². The van der Waals surface area contributed by atoms with Crippen LogP contribution in [0.15, 0.2) is 24.4 Å². The fraction of sp³-hybridized carbons (Fsp3) is 0.188. The summed E-state index contributed by atoms with van der Waals surface area (Å²) in [5, 5.41) is 9.45. The summed E-state index contributed by atoms with van der Waals surface area (Å²) in [6.07, 6.45) is 2.45. The van der Waals surface area contributed by atoms with Gasteiger partial charge in [0, 0.05) is 24.4 Å². The number of fused-ring (bicyclic) bond motifs is 1. The molecule has 0 radical (unpaired) electrons. The van der Waals surface area contributed by atoms with E-state index in [1.54, 1.807) is 6.07 Å². The molecule has 0 aromatic heterocycles. The van der Waals surface area contributed by atoms with Crippen LogP contribution in [0.25, 0.3) is 5.57 Å². The zero-order valence-electron chi connectivity index (χ0n) is 12.5. The molecule has 0 saturated carbocycles. The summed E-state index contributed by atoms with van der Waals surface area (Å²) in [4.78, 5) is 49.2. The van der Waals surface area contributed by atoms with Crippen molar-refractivity contribution in [2.45, 2.75) is 18.9 Å². The normalized spacial score (nSPS) is 20.9. The van der Waals surface area contributed by atoms with Crippen molar-refractivity contribution in [3.8, 4) is 0 Å². The lowest BCUT2D eigenvalue weighted by Gasteiger charge is -2.27. The van der Waals surface area contributed by atoms with Gasteiger partial charge in [0.1, 0.15) is 6.04 Å². The van der Waals surface area contributed by atoms with Crippen LogP contribution in [0, 0.1) is 5.41 Å². The van der Waals surface area contributed by atoms with E-state index >= 15 is 0 Å². The minimum atomic E-state index is -0.995. The van der Waals surface area contributed by atoms with E-state index < -0.39 is 29.7 Å². The highest BCUT2D eigenvalue weighted by Crippen LogP contribution is 2.29. The highest BCUT2D eigenvalue weighted by molar-refractivity contribution is 6.24. The standard InChI is InChI=1S/C16H14N4O4/c17-6-9(7-18)8-1-2-10-11(5-8)16(24)20(15(10)23)12-3-4-13(21)19-14(12)22/h1-2,5-7,12,17H,3-4,18H2,(H,19,21,22)/b9-7+,17-6?. The predicted molar refractivity (Wildman–Crippen MR) is 84.1 cm³/mol. The summed E-state index contributed by atoms with van der Waals surface area (Å²) in [6.45, 7) is 0. The second-order valence-electron chi connectivity index (χ2n) is 5.47. The third-order valence-electron chi connectivity index (χ3n) is 4.11. The fourth-order valence-electron chi connectivity index (χ4n) is 2.88. The second-order valence-corrected chi connectivity index (χ2v) is 5.47. The first-order valence-electron chi connectivity index (χ1n) is 7.26. The Hall–Kier alpha value is -3.29. The number of amides is 4. The Morgan fingerprint density at radius 2 is 1.92 bits per heavy atom. The molecule has 1 fully saturated rings. The van der Waals surface area contributed by atoms with Crippen molar-refractivity contribution in [1.82, 2.24) is 10.2 Å². The Balaban J connectivity index is 1.98. The second kappa shape index (κ2) is 5.73. The molecule has 24 heavy (non-hydrogen) atoms. The molecule has 122 valence electrons. The van der Waals surface area contributed by atoms with Crippen LogP contribution < -0.4 is 11.1 Å². The molecular formula is C16H14N4O4. The van der Waals surface area contributed by atoms with Gasteiger partial charge in [-0.3, -0.25) is 29.4 Å². The van der Waals surface area contributed by atoms with E-state index in [9.17, 15) is 19.2 Å². The van der Waals surface area contributed by atoms with Crippen molar-refractivity contribution in [1.29, 1.82) is 5.41 Å². The predicted octanol–water partition coefficient (Wildman–Crippen LogP) is 0.0370. The van der Waals surface area contributed by atoms with Gasteiger partial charge in [-0.2, -0.15) is 0 Å². The Kier molecular flexibility index (Phi) is 3.72. The molecule has 4 N–H and O–H groups in total. The van der Waals surface area contributed by atoms with Gasteiger partial charge in [-0.25, -0.2) is 0 Å². The molecule has 2 aliphatic heterocycles. The molecule has 1 aromatic rings. The van der Waals surface area contributed by atoms with Gasteiger partial charge in [0.2, 0.25) is 11.8 Å². The SMILES string of the molecule is N=C/C(=C\N)c1ccc2c(c1)C(=O)N(C1CCC(=O)NC1=O)C2=O. The number of carbonyl (C=O) groups is 4. The smallest absolute Gasteiger partial charge is 0.262 e. The number of nitrogens with one attached hydrogen (secondary N) is 2. The molecule has 1 unspecified atom stereocenters. The molecule has 0 bridgehead atoms. The average molecular weight is 326 g/mol. The molecule has 1 aromatic carbocycles. The molecule has 0 aliphatic carbocycles. The van der Waals surface area contributed by atoms with Crippen LogP contribution >= 0.6 is 0 Å². The van der Waals surface area contributed by atoms with E-state index in [0.29, 0.717) is 11.1 Å². The summed E-state index contributed by atoms with van der Waals surface area (Å²) in [7, 11) is 0. The van der Waals surface area contributed by atoms with E-state index in [1.807, 2.05) is 0 Å². The first-order valence-corrected chi connectivity index (χ1v) is 7.26. The third-order valence-corrected chi connectivity index (χ3v) is 4.11. The number of hydrogen-bond acceptors (Lipinski definition) is 6. The van der Waals surface area contributed by atoms with Gasteiger partial charge in [0.05, 0.1) is 11.1 Å². The van der Waals surface area contributed by atoms with Crippen molar-refractivity contribution in [3.63, 3.8) is 0 Å². The summed E-state index contributed by atoms with van der Waals surface area (Å²) in [6, 6.07) is 3.54. The van der Waals surface area contributed by atoms with Gasteiger partial charge in [-0.05, 0) is 24.1 Å². The first-order chi connectivity index (χ1) is 11.5. The highest BCUT2D eigenvalue weighted by atomic mass is 16.2.